The van der Waals surface area contributed by atoms with Crippen LogP contribution in [-0.4, -0.2) is 40.3 Å². The Labute approximate surface area is 60.5 Å². The predicted molar refractivity (Wildman–Crippen MR) is 37.4 cm³/mol. The van der Waals surface area contributed by atoms with Gasteiger partial charge >= 0.3 is 0 Å². The van der Waals surface area contributed by atoms with Gasteiger partial charge in [-0.3, -0.25) is 5.32 Å². The highest BCUT2D eigenvalue weighted by atomic mass is 16.3. The van der Waals surface area contributed by atoms with Crippen LogP contribution < -0.4 is 5.32 Å². The fourth-order valence-corrected chi connectivity index (χ4v) is 0.654. The third-order valence-corrected chi connectivity index (χ3v) is 1.23. The quantitative estimate of drug-likeness (QED) is 0.373. The summed E-state index contributed by atoms with van der Waals surface area (Å²) < 4.78 is 0. The summed E-state index contributed by atoms with van der Waals surface area (Å²) in [5, 5.41) is 28.9. The minimum atomic E-state index is -0.702. The first-order chi connectivity index (χ1) is 4.57. The first-order valence-corrected chi connectivity index (χ1v) is 3.31. The van der Waals surface area contributed by atoms with Gasteiger partial charge in [-0.05, 0) is 13.8 Å². The van der Waals surface area contributed by atoms with Crippen molar-refractivity contribution in [3.8, 4) is 0 Å². The molecule has 3 unspecified atom stereocenters. The maximum absolute atomic E-state index is 8.93. The van der Waals surface area contributed by atoms with Crippen molar-refractivity contribution in [2.75, 3.05) is 6.61 Å². The van der Waals surface area contributed by atoms with Crippen LogP contribution in [-0.2, 0) is 0 Å². The summed E-state index contributed by atoms with van der Waals surface area (Å²) in [5.41, 5.74) is 0. The lowest BCUT2D eigenvalue weighted by atomic mass is 10.2. The van der Waals surface area contributed by atoms with Crippen LogP contribution in [0.3, 0.4) is 0 Å². The van der Waals surface area contributed by atoms with Crippen LogP contribution in [0.5, 0.6) is 0 Å². The van der Waals surface area contributed by atoms with E-state index in [0.717, 1.165) is 0 Å². The third-order valence-electron chi connectivity index (χ3n) is 1.23. The third kappa shape index (κ3) is 3.79. The average Bonchev–Trinajstić information content (AvgIpc) is 1.81. The molecular weight excluding hydrogens is 134 g/mol. The number of hydrogen-bond acceptors (Lipinski definition) is 4. The summed E-state index contributed by atoms with van der Waals surface area (Å²) in [7, 11) is 0. The van der Waals surface area contributed by atoms with Gasteiger partial charge in [-0.25, -0.2) is 0 Å². The zero-order chi connectivity index (χ0) is 8.15. The second-order valence-corrected chi connectivity index (χ2v) is 2.37. The summed E-state index contributed by atoms with van der Waals surface area (Å²) in [6.45, 7) is 2.91. The monoisotopic (exact) mass is 149 g/mol. The largest absolute Gasteiger partial charge is 0.395 e. The lowest BCUT2D eigenvalue weighted by Crippen LogP contribution is -2.45. The number of aliphatic hydroxyl groups is 3. The Bertz CT molecular complexity index is 85.1. The van der Waals surface area contributed by atoms with E-state index in [2.05, 4.69) is 5.32 Å². The molecule has 4 heteroatoms. The Morgan fingerprint density at radius 2 is 1.80 bits per heavy atom. The molecule has 10 heavy (non-hydrogen) atoms. The molecule has 4 nitrogen and oxygen atoms in total. The second kappa shape index (κ2) is 4.62. The molecule has 0 aromatic heterocycles. The molecule has 0 amide bonds. The van der Waals surface area contributed by atoms with Gasteiger partial charge in [0.1, 0.15) is 6.23 Å². The molecule has 0 aromatic carbocycles. The van der Waals surface area contributed by atoms with Crippen molar-refractivity contribution in [2.24, 2.45) is 0 Å². The summed E-state index contributed by atoms with van der Waals surface area (Å²) >= 11 is 0. The minimum Gasteiger partial charge on any atom is -0.395 e. The molecule has 0 spiro atoms. The first-order valence-electron chi connectivity index (χ1n) is 3.31. The van der Waals surface area contributed by atoms with E-state index in [-0.39, 0.29) is 6.61 Å². The molecule has 0 saturated carbocycles. The Kier molecular flexibility index (Phi) is 4.55. The van der Waals surface area contributed by atoms with E-state index in [1.54, 1.807) is 6.92 Å². The van der Waals surface area contributed by atoms with Crippen molar-refractivity contribution >= 4 is 0 Å². The van der Waals surface area contributed by atoms with Crippen LogP contribution >= 0.6 is 0 Å². The van der Waals surface area contributed by atoms with Gasteiger partial charge in [0.25, 0.3) is 0 Å². The van der Waals surface area contributed by atoms with Crippen molar-refractivity contribution in [3.05, 3.63) is 0 Å². The van der Waals surface area contributed by atoms with Gasteiger partial charge in [0.2, 0.25) is 0 Å². The molecule has 62 valence electrons. The van der Waals surface area contributed by atoms with Gasteiger partial charge in [-0.1, -0.05) is 0 Å². The molecule has 0 heterocycles. The number of hydrogen-bond donors (Lipinski definition) is 4. The zero-order valence-electron chi connectivity index (χ0n) is 6.28. The predicted octanol–water partition coefficient (Wildman–Crippen LogP) is -1.34. The highest BCUT2D eigenvalue weighted by molar-refractivity contribution is 4.70. The molecule has 0 aliphatic heterocycles. The van der Waals surface area contributed by atoms with Crippen LogP contribution in [0.2, 0.25) is 0 Å². The highest BCUT2D eigenvalue weighted by Crippen LogP contribution is 1.91. The van der Waals surface area contributed by atoms with Crippen molar-refractivity contribution in [1.82, 2.24) is 5.32 Å². The van der Waals surface area contributed by atoms with Crippen LogP contribution in [0.15, 0.2) is 0 Å². The van der Waals surface area contributed by atoms with Gasteiger partial charge in [-0.2, -0.15) is 0 Å². The molecule has 0 saturated heterocycles. The molecule has 0 aliphatic rings. The first kappa shape index (κ1) is 9.84. The normalized spacial score (nSPS) is 20.1. The summed E-state index contributed by atoms with van der Waals surface area (Å²) in [4.78, 5) is 0. The van der Waals surface area contributed by atoms with E-state index in [4.69, 9.17) is 15.3 Å². The Balaban J connectivity index is 3.60. The molecule has 0 radical (unpaired) electrons. The lowest BCUT2D eigenvalue weighted by molar-refractivity contribution is 0.0561. The van der Waals surface area contributed by atoms with E-state index in [0.29, 0.717) is 0 Å². The van der Waals surface area contributed by atoms with E-state index < -0.39 is 18.4 Å². The molecule has 0 bridgehead atoms. The summed E-state index contributed by atoms with van der Waals surface area (Å²) in [5.74, 6) is 0. The zero-order valence-corrected chi connectivity index (χ0v) is 6.28. The van der Waals surface area contributed by atoms with E-state index in [9.17, 15) is 0 Å². The maximum Gasteiger partial charge on any atom is 0.102 e. The summed E-state index contributed by atoms with van der Waals surface area (Å²) in [6, 6.07) is -0.444. The number of rotatable bonds is 4. The van der Waals surface area contributed by atoms with Gasteiger partial charge in [-0.15, -0.1) is 0 Å². The molecular formula is C6H15NO3. The van der Waals surface area contributed by atoms with Crippen molar-refractivity contribution in [1.29, 1.82) is 0 Å². The van der Waals surface area contributed by atoms with Crippen molar-refractivity contribution in [2.45, 2.75) is 32.2 Å². The Hall–Kier alpha value is -0.160. The molecule has 4 N–H and O–H groups in total. The standard InChI is InChI=1S/C6H15NO3/c1-4(9)6(3-8)7-5(2)10/h4-10H,3H2,1-2H3. The maximum atomic E-state index is 8.93. The van der Waals surface area contributed by atoms with Crippen LogP contribution in [0.4, 0.5) is 0 Å². The molecule has 0 aliphatic carbocycles. The van der Waals surface area contributed by atoms with E-state index in [1.165, 1.54) is 6.92 Å². The number of aliphatic hydroxyl groups excluding tert-OH is 3. The fourth-order valence-electron chi connectivity index (χ4n) is 0.654. The van der Waals surface area contributed by atoms with Crippen molar-refractivity contribution in [3.63, 3.8) is 0 Å². The average molecular weight is 149 g/mol. The van der Waals surface area contributed by atoms with Gasteiger partial charge in [0.05, 0.1) is 18.8 Å². The summed E-state index contributed by atoms with van der Waals surface area (Å²) in [6.07, 6.45) is -1.36. The lowest BCUT2D eigenvalue weighted by Gasteiger charge is -2.20. The van der Waals surface area contributed by atoms with Gasteiger partial charge in [0, 0.05) is 0 Å². The fraction of sp³-hybridized carbons (Fsp3) is 1.00. The Morgan fingerprint density at radius 1 is 1.30 bits per heavy atom. The van der Waals surface area contributed by atoms with Crippen LogP contribution in [0, 0.1) is 0 Å². The van der Waals surface area contributed by atoms with Gasteiger partial charge in [0.15, 0.2) is 0 Å². The topological polar surface area (TPSA) is 72.7 Å². The Morgan fingerprint density at radius 3 is 1.90 bits per heavy atom. The van der Waals surface area contributed by atoms with Crippen molar-refractivity contribution < 1.29 is 15.3 Å². The molecule has 0 aromatic rings. The molecule has 3 atom stereocenters. The smallest absolute Gasteiger partial charge is 0.102 e. The number of nitrogens with one attached hydrogen (secondary N) is 1. The molecule has 0 rings (SSSR count). The minimum absolute atomic E-state index is 0.178. The second-order valence-electron chi connectivity index (χ2n) is 2.37. The van der Waals surface area contributed by atoms with E-state index >= 15 is 0 Å². The highest BCUT2D eigenvalue weighted by Gasteiger charge is 2.13. The van der Waals surface area contributed by atoms with E-state index in [1.807, 2.05) is 0 Å². The molecule has 0 fully saturated rings. The SMILES string of the molecule is CC(O)NC(CO)C(C)O. The van der Waals surface area contributed by atoms with Crippen LogP contribution in [0.25, 0.3) is 0 Å². The van der Waals surface area contributed by atoms with Crippen LogP contribution in [0.1, 0.15) is 13.8 Å². The van der Waals surface area contributed by atoms with Gasteiger partial charge < -0.3 is 15.3 Å².